The number of hydrogen-bond donors (Lipinski definition) is 3. The topological polar surface area (TPSA) is 108 Å². The number of carbonyl (C=O) groups excluding carboxylic acids is 4. The van der Waals surface area contributed by atoms with Gasteiger partial charge in [-0.3, -0.25) is 29.4 Å². The minimum Gasteiger partial charge on any atom is -0.346 e. The molecule has 3 N–H and O–H groups in total. The second-order valence-corrected chi connectivity index (χ2v) is 7.98. The lowest BCUT2D eigenvalue weighted by molar-refractivity contribution is -0.138. The average molecular weight is 415 g/mol. The largest absolute Gasteiger partial charge is 0.346 e. The number of rotatable bonds is 6. The smallest absolute Gasteiger partial charge is 0.313 e. The summed E-state index contributed by atoms with van der Waals surface area (Å²) in [6.07, 6.45) is 3.46. The van der Waals surface area contributed by atoms with Crippen LogP contribution in [0.5, 0.6) is 0 Å². The predicted octanol–water partition coefficient (Wildman–Crippen LogP) is 1.31. The van der Waals surface area contributed by atoms with Crippen molar-refractivity contribution in [3.63, 3.8) is 0 Å². The van der Waals surface area contributed by atoms with E-state index >= 15 is 0 Å². The van der Waals surface area contributed by atoms with Crippen molar-refractivity contribution >= 4 is 29.3 Å². The average Bonchev–Trinajstić information content (AvgIpc) is 3.21. The number of nitrogens with one attached hydrogen (secondary N) is 3. The van der Waals surface area contributed by atoms with E-state index in [9.17, 15) is 19.2 Å². The standard InChI is InChI=1S/C22H30N4O4/c1-3-22(12-11-18(27)25-21(22)30)15-7-9-16(10-8-15)24-20(29)19(28)23-14-17-6-5-13-26(17)4-2/h7-10,17H,3-6,11-14H2,1-2H3,(H,23,28)(H,24,29)(H,25,27,30)/t17-,22+/m0/s1. The number of imide groups is 1. The van der Waals surface area contributed by atoms with Gasteiger partial charge in [-0.05, 0) is 56.5 Å². The van der Waals surface area contributed by atoms with Gasteiger partial charge in [0.15, 0.2) is 0 Å². The zero-order chi connectivity index (χ0) is 21.7. The van der Waals surface area contributed by atoms with Crippen LogP contribution in [-0.2, 0) is 24.6 Å². The Labute approximate surface area is 176 Å². The summed E-state index contributed by atoms with van der Waals surface area (Å²) in [7, 11) is 0. The SMILES string of the molecule is CCN1CCC[C@H]1CNC(=O)C(=O)Nc1ccc([C@@]2(CC)CCC(=O)NC2=O)cc1. The maximum absolute atomic E-state index is 12.5. The number of likely N-dealkylation sites (N-methyl/N-ethyl adjacent to an activating group) is 1. The summed E-state index contributed by atoms with van der Waals surface area (Å²) >= 11 is 0. The number of hydrogen-bond acceptors (Lipinski definition) is 5. The van der Waals surface area contributed by atoms with Crippen molar-refractivity contribution in [2.24, 2.45) is 0 Å². The molecule has 3 rings (SSSR count). The molecule has 8 nitrogen and oxygen atoms in total. The fraction of sp³-hybridized carbons (Fsp3) is 0.545. The highest BCUT2D eigenvalue weighted by molar-refractivity contribution is 6.39. The number of nitrogens with zero attached hydrogens (tertiary/aromatic N) is 1. The van der Waals surface area contributed by atoms with Gasteiger partial charge in [-0.25, -0.2) is 0 Å². The molecule has 1 aromatic carbocycles. The zero-order valence-corrected chi connectivity index (χ0v) is 17.6. The highest BCUT2D eigenvalue weighted by atomic mass is 16.2. The Bertz CT molecular complexity index is 823. The number of likely N-dealkylation sites (tertiary alicyclic amines) is 1. The minimum absolute atomic E-state index is 0.251. The monoisotopic (exact) mass is 414 g/mol. The van der Waals surface area contributed by atoms with Crippen LogP contribution in [0.1, 0.15) is 51.5 Å². The van der Waals surface area contributed by atoms with Gasteiger partial charge < -0.3 is 10.6 Å². The lowest BCUT2D eigenvalue weighted by Crippen LogP contribution is -2.51. The van der Waals surface area contributed by atoms with Gasteiger partial charge in [0, 0.05) is 24.7 Å². The summed E-state index contributed by atoms with van der Waals surface area (Å²) in [5.74, 6) is -1.91. The van der Waals surface area contributed by atoms with Gasteiger partial charge in [0.1, 0.15) is 0 Å². The van der Waals surface area contributed by atoms with Crippen molar-refractivity contribution in [3.8, 4) is 0 Å². The van der Waals surface area contributed by atoms with Gasteiger partial charge in [0.2, 0.25) is 11.8 Å². The fourth-order valence-corrected chi connectivity index (χ4v) is 4.46. The molecule has 1 aromatic rings. The molecule has 0 radical (unpaired) electrons. The van der Waals surface area contributed by atoms with Gasteiger partial charge >= 0.3 is 11.8 Å². The van der Waals surface area contributed by atoms with Crippen LogP contribution < -0.4 is 16.0 Å². The molecular weight excluding hydrogens is 384 g/mol. The van der Waals surface area contributed by atoms with E-state index in [-0.39, 0.29) is 17.9 Å². The van der Waals surface area contributed by atoms with E-state index < -0.39 is 17.2 Å². The lowest BCUT2D eigenvalue weighted by Gasteiger charge is -2.35. The normalized spacial score (nSPS) is 24.4. The Kier molecular flexibility index (Phi) is 6.87. The summed E-state index contributed by atoms with van der Waals surface area (Å²) in [5, 5.41) is 7.74. The molecule has 8 heteroatoms. The molecule has 0 aromatic heterocycles. The van der Waals surface area contributed by atoms with E-state index in [0.717, 1.165) is 31.5 Å². The molecule has 0 bridgehead atoms. The minimum atomic E-state index is -0.750. The van der Waals surface area contributed by atoms with Crippen molar-refractivity contribution in [2.75, 3.05) is 25.0 Å². The second-order valence-electron chi connectivity index (χ2n) is 7.98. The van der Waals surface area contributed by atoms with Crippen LogP contribution >= 0.6 is 0 Å². The van der Waals surface area contributed by atoms with Gasteiger partial charge in [0.05, 0.1) is 5.41 Å². The first-order valence-electron chi connectivity index (χ1n) is 10.7. The van der Waals surface area contributed by atoms with Crippen LogP contribution in [0.2, 0.25) is 0 Å². The van der Waals surface area contributed by atoms with Gasteiger partial charge in [0.25, 0.3) is 0 Å². The molecule has 0 saturated carbocycles. The summed E-state index contributed by atoms with van der Waals surface area (Å²) < 4.78 is 0. The molecule has 30 heavy (non-hydrogen) atoms. The molecule has 162 valence electrons. The van der Waals surface area contributed by atoms with Crippen LogP contribution in [0.3, 0.4) is 0 Å². The Morgan fingerprint density at radius 2 is 1.90 bits per heavy atom. The molecule has 2 saturated heterocycles. The Hall–Kier alpha value is -2.74. The maximum atomic E-state index is 12.5. The van der Waals surface area contributed by atoms with Crippen molar-refractivity contribution < 1.29 is 19.2 Å². The third-order valence-corrected chi connectivity index (χ3v) is 6.38. The van der Waals surface area contributed by atoms with E-state index in [4.69, 9.17) is 0 Å². The quantitative estimate of drug-likeness (QED) is 0.481. The van der Waals surface area contributed by atoms with E-state index in [1.54, 1.807) is 24.3 Å². The molecular formula is C22H30N4O4. The van der Waals surface area contributed by atoms with Crippen LogP contribution in [0.25, 0.3) is 0 Å². The van der Waals surface area contributed by atoms with Crippen LogP contribution in [0.15, 0.2) is 24.3 Å². The molecule has 0 spiro atoms. The Morgan fingerprint density at radius 3 is 2.53 bits per heavy atom. The van der Waals surface area contributed by atoms with E-state index in [2.05, 4.69) is 27.8 Å². The van der Waals surface area contributed by atoms with E-state index in [1.165, 1.54) is 0 Å². The van der Waals surface area contributed by atoms with Crippen LogP contribution in [0, 0.1) is 0 Å². The lowest BCUT2D eigenvalue weighted by atomic mass is 9.72. The first-order chi connectivity index (χ1) is 14.4. The molecule has 2 aliphatic heterocycles. The van der Waals surface area contributed by atoms with Gasteiger partial charge in [-0.2, -0.15) is 0 Å². The Morgan fingerprint density at radius 1 is 1.17 bits per heavy atom. The molecule has 0 unspecified atom stereocenters. The predicted molar refractivity (Wildman–Crippen MR) is 113 cm³/mol. The number of benzene rings is 1. The molecule has 2 heterocycles. The summed E-state index contributed by atoms with van der Waals surface area (Å²) in [5.41, 5.74) is 0.520. The van der Waals surface area contributed by atoms with Crippen LogP contribution in [0.4, 0.5) is 5.69 Å². The third-order valence-electron chi connectivity index (χ3n) is 6.38. The third kappa shape index (κ3) is 4.53. The molecule has 2 aliphatic rings. The van der Waals surface area contributed by atoms with E-state index in [0.29, 0.717) is 31.5 Å². The molecule has 0 aliphatic carbocycles. The summed E-state index contributed by atoms with van der Waals surface area (Å²) in [4.78, 5) is 50.7. The first kappa shape index (κ1) is 22.0. The number of carbonyl (C=O) groups is 4. The zero-order valence-electron chi connectivity index (χ0n) is 17.6. The maximum Gasteiger partial charge on any atom is 0.313 e. The molecule has 4 amide bonds. The summed E-state index contributed by atoms with van der Waals surface area (Å²) in [6.45, 7) is 6.44. The highest BCUT2D eigenvalue weighted by Crippen LogP contribution is 2.36. The van der Waals surface area contributed by atoms with Crippen molar-refractivity contribution in [3.05, 3.63) is 29.8 Å². The highest BCUT2D eigenvalue weighted by Gasteiger charge is 2.42. The van der Waals surface area contributed by atoms with Crippen LogP contribution in [-0.4, -0.2) is 54.2 Å². The fourth-order valence-electron chi connectivity index (χ4n) is 4.46. The molecule has 2 atom stereocenters. The van der Waals surface area contributed by atoms with Crippen molar-refractivity contribution in [1.29, 1.82) is 0 Å². The van der Waals surface area contributed by atoms with Gasteiger partial charge in [-0.1, -0.05) is 26.0 Å². The van der Waals surface area contributed by atoms with Gasteiger partial charge in [-0.15, -0.1) is 0 Å². The second kappa shape index (κ2) is 9.38. The first-order valence-corrected chi connectivity index (χ1v) is 10.7. The number of piperidine rings is 1. The van der Waals surface area contributed by atoms with Crippen molar-refractivity contribution in [2.45, 2.75) is 57.4 Å². The van der Waals surface area contributed by atoms with Crippen molar-refractivity contribution in [1.82, 2.24) is 15.5 Å². The molecule has 2 fully saturated rings. The Balaban J connectivity index is 1.58. The number of amides is 4. The number of anilines is 1. The van der Waals surface area contributed by atoms with E-state index in [1.807, 2.05) is 6.92 Å². The summed E-state index contributed by atoms with van der Waals surface area (Å²) in [6, 6.07) is 7.17.